The molecule has 1 aromatic carbocycles. The van der Waals surface area contributed by atoms with Gasteiger partial charge in [0.1, 0.15) is 0 Å². The van der Waals surface area contributed by atoms with Crippen LogP contribution in [-0.4, -0.2) is 0 Å². The summed E-state index contributed by atoms with van der Waals surface area (Å²) in [5, 5.41) is 0. The lowest BCUT2D eigenvalue weighted by Gasteiger charge is -2.25. The molecule has 1 fully saturated rings. The van der Waals surface area contributed by atoms with E-state index in [-0.39, 0.29) is 11.5 Å². The molecule has 0 amide bonds. The van der Waals surface area contributed by atoms with Gasteiger partial charge in [-0.2, -0.15) is 0 Å². The van der Waals surface area contributed by atoms with Crippen molar-refractivity contribution >= 4 is 0 Å². The third-order valence-corrected chi connectivity index (χ3v) is 3.04. The summed E-state index contributed by atoms with van der Waals surface area (Å²) in [4.78, 5) is 0. The summed E-state index contributed by atoms with van der Waals surface area (Å²) in [6.45, 7) is 1.65. The van der Waals surface area contributed by atoms with E-state index < -0.39 is 23.0 Å². The maximum absolute atomic E-state index is 13.5. The number of rotatable bonds is 2. The van der Waals surface area contributed by atoms with Gasteiger partial charge in [-0.3, -0.25) is 0 Å². The molecule has 1 saturated carbocycles. The zero-order chi connectivity index (χ0) is 11.2. The summed E-state index contributed by atoms with van der Waals surface area (Å²) in [7, 11) is 0. The van der Waals surface area contributed by atoms with Crippen LogP contribution in [0.5, 0.6) is 0 Å². The Morgan fingerprint density at radius 3 is 2.33 bits per heavy atom. The number of benzene rings is 1. The molecule has 1 atom stereocenters. The summed E-state index contributed by atoms with van der Waals surface area (Å²) in [5.74, 6) is -3.61. The van der Waals surface area contributed by atoms with E-state index in [0.29, 0.717) is 0 Å². The lowest BCUT2D eigenvalue weighted by atomic mass is 9.87. The van der Waals surface area contributed by atoms with Gasteiger partial charge in [0, 0.05) is 11.1 Å². The van der Waals surface area contributed by atoms with E-state index in [1.165, 1.54) is 6.07 Å². The first-order valence-electron chi connectivity index (χ1n) is 4.87. The fraction of sp³-hybridized carbons (Fsp3) is 0.455. The van der Waals surface area contributed by atoms with E-state index in [9.17, 15) is 13.2 Å². The molecular weight excluding hydrogens is 203 g/mol. The van der Waals surface area contributed by atoms with E-state index in [1.807, 2.05) is 0 Å². The van der Waals surface area contributed by atoms with Crippen molar-refractivity contribution in [1.82, 2.24) is 0 Å². The van der Waals surface area contributed by atoms with Crippen LogP contribution < -0.4 is 5.73 Å². The standard InChI is InChI=1S/C11H12F3N/c1-11(15,6-2-3-6)7-4-5-8(12)10(14)9(7)13/h4-6H,2-3,15H2,1H3. The highest BCUT2D eigenvalue weighted by Crippen LogP contribution is 2.44. The Kier molecular flexibility index (Phi) is 2.26. The van der Waals surface area contributed by atoms with Crippen molar-refractivity contribution in [3.63, 3.8) is 0 Å². The molecule has 15 heavy (non-hydrogen) atoms. The van der Waals surface area contributed by atoms with Crippen molar-refractivity contribution in [2.75, 3.05) is 0 Å². The Hall–Kier alpha value is -1.03. The molecule has 0 bridgehead atoms. The second kappa shape index (κ2) is 3.23. The average molecular weight is 215 g/mol. The highest BCUT2D eigenvalue weighted by atomic mass is 19.2. The van der Waals surface area contributed by atoms with Crippen LogP contribution in [0.15, 0.2) is 12.1 Å². The highest BCUT2D eigenvalue weighted by molar-refractivity contribution is 5.29. The molecule has 1 aliphatic carbocycles. The van der Waals surface area contributed by atoms with Crippen molar-refractivity contribution in [2.45, 2.75) is 25.3 Å². The second-order valence-electron chi connectivity index (χ2n) is 4.28. The topological polar surface area (TPSA) is 26.0 Å². The number of hydrogen-bond donors (Lipinski definition) is 1. The van der Waals surface area contributed by atoms with Crippen LogP contribution >= 0.6 is 0 Å². The van der Waals surface area contributed by atoms with Crippen molar-refractivity contribution in [3.8, 4) is 0 Å². The van der Waals surface area contributed by atoms with Crippen LogP contribution in [0.4, 0.5) is 13.2 Å². The van der Waals surface area contributed by atoms with Gasteiger partial charge in [-0.1, -0.05) is 6.07 Å². The molecule has 1 nitrogen and oxygen atoms in total. The van der Waals surface area contributed by atoms with E-state index in [1.54, 1.807) is 6.92 Å². The zero-order valence-corrected chi connectivity index (χ0v) is 8.36. The molecule has 0 saturated heterocycles. The molecule has 0 spiro atoms. The number of nitrogens with two attached hydrogens (primary N) is 1. The van der Waals surface area contributed by atoms with Crippen LogP contribution in [0.3, 0.4) is 0 Å². The first-order chi connectivity index (χ1) is 6.94. The van der Waals surface area contributed by atoms with Gasteiger partial charge < -0.3 is 5.73 Å². The Morgan fingerprint density at radius 1 is 1.20 bits per heavy atom. The molecule has 2 N–H and O–H groups in total. The lowest BCUT2D eigenvalue weighted by Crippen LogP contribution is -2.36. The van der Waals surface area contributed by atoms with Crippen LogP contribution in [-0.2, 0) is 5.54 Å². The first kappa shape index (κ1) is 10.5. The Labute approximate surface area is 86.1 Å². The van der Waals surface area contributed by atoms with Crippen LogP contribution in [0.1, 0.15) is 25.3 Å². The number of halogens is 3. The lowest BCUT2D eigenvalue weighted by molar-refractivity contribution is 0.377. The minimum absolute atomic E-state index is 0.0592. The fourth-order valence-electron chi connectivity index (χ4n) is 1.84. The molecule has 0 heterocycles. The van der Waals surface area contributed by atoms with Gasteiger partial charge in [-0.25, -0.2) is 13.2 Å². The first-order valence-corrected chi connectivity index (χ1v) is 4.87. The van der Waals surface area contributed by atoms with E-state index in [4.69, 9.17) is 5.73 Å². The Morgan fingerprint density at radius 2 is 1.80 bits per heavy atom. The summed E-state index contributed by atoms with van der Waals surface area (Å²) in [6, 6.07) is 2.15. The normalized spacial score (nSPS) is 20.1. The van der Waals surface area contributed by atoms with Gasteiger partial charge in [-0.15, -0.1) is 0 Å². The maximum Gasteiger partial charge on any atom is 0.194 e. The third-order valence-electron chi connectivity index (χ3n) is 3.04. The van der Waals surface area contributed by atoms with Crippen molar-refractivity contribution < 1.29 is 13.2 Å². The zero-order valence-electron chi connectivity index (χ0n) is 8.36. The average Bonchev–Trinajstić information content (AvgIpc) is 2.97. The molecule has 0 radical (unpaired) electrons. The van der Waals surface area contributed by atoms with Crippen LogP contribution in [0, 0.1) is 23.4 Å². The van der Waals surface area contributed by atoms with E-state index in [2.05, 4.69) is 0 Å². The molecule has 1 unspecified atom stereocenters. The minimum Gasteiger partial charge on any atom is -0.321 e. The molecular formula is C11H12F3N. The van der Waals surface area contributed by atoms with Crippen LogP contribution in [0.2, 0.25) is 0 Å². The summed E-state index contributed by atoms with van der Waals surface area (Å²) < 4.78 is 39.2. The van der Waals surface area contributed by atoms with Crippen molar-refractivity contribution in [1.29, 1.82) is 0 Å². The van der Waals surface area contributed by atoms with Crippen molar-refractivity contribution in [2.24, 2.45) is 11.7 Å². The fourth-order valence-corrected chi connectivity index (χ4v) is 1.84. The van der Waals surface area contributed by atoms with Gasteiger partial charge in [-0.05, 0) is 31.7 Å². The van der Waals surface area contributed by atoms with Gasteiger partial charge >= 0.3 is 0 Å². The molecule has 2 rings (SSSR count). The smallest absolute Gasteiger partial charge is 0.194 e. The van der Waals surface area contributed by atoms with Crippen LogP contribution in [0.25, 0.3) is 0 Å². The van der Waals surface area contributed by atoms with Gasteiger partial charge in [0.05, 0.1) is 0 Å². The Bertz CT molecular complexity index is 397. The summed E-state index contributed by atoms with van der Waals surface area (Å²) in [5.41, 5.74) is 5.09. The SMILES string of the molecule is CC(N)(c1ccc(F)c(F)c1F)C1CC1. The predicted molar refractivity (Wildman–Crippen MR) is 50.6 cm³/mol. The second-order valence-corrected chi connectivity index (χ2v) is 4.28. The molecule has 0 aliphatic heterocycles. The summed E-state index contributed by atoms with van der Waals surface area (Å²) in [6.07, 6.45) is 1.82. The molecule has 0 aromatic heterocycles. The Balaban J connectivity index is 2.48. The highest BCUT2D eigenvalue weighted by Gasteiger charge is 2.41. The molecule has 82 valence electrons. The molecule has 1 aromatic rings. The quantitative estimate of drug-likeness (QED) is 0.754. The monoisotopic (exact) mass is 215 g/mol. The molecule has 1 aliphatic rings. The van der Waals surface area contributed by atoms with Gasteiger partial charge in [0.15, 0.2) is 17.5 Å². The molecule has 4 heteroatoms. The van der Waals surface area contributed by atoms with E-state index in [0.717, 1.165) is 18.9 Å². The summed E-state index contributed by atoms with van der Waals surface area (Å²) >= 11 is 0. The predicted octanol–water partition coefficient (Wildman–Crippen LogP) is 2.69. The largest absolute Gasteiger partial charge is 0.321 e. The van der Waals surface area contributed by atoms with Gasteiger partial charge in [0.25, 0.3) is 0 Å². The van der Waals surface area contributed by atoms with E-state index >= 15 is 0 Å². The maximum atomic E-state index is 13.5. The third kappa shape index (κ3) is 1.63. The minimum atomic E-state index is -1.44. The van der Waals surface area contributed by atoms with Gasteiger partial charge in [0.2, 0.25) is 0 Å². The van der Waals surface area contributed by atoms with Crippen molar-refractivity contribution in [3.05, 3.63) is 35.1 Å². The number of hydrogen-bond acceptors (Lipinski definition) is 1.